The minimum Gasteiger partial charge on any atom is -0.378 e. The van der Waals surface area contributed by atoms with Gasteiger partial charge in [-0.05, 0) is 49.1 Å². The summed E-state index contributed by atoms with van der Waals surface area (Å²) >= 11 is 0. The fourth-order valence-corrected chi connectivity index (χ4v) is 4.09. The molecule has 0 aliphatic carbocycles. The first kappa shape index (κ1) is 16.6. The summed E-state index contributed by atoms with van der Waals surface area (Å²) in [4.78, 5) is 9.78. The Labute approximate surface area is 150 Å². The number of aryl methyl sites for hydroxylation is 1. The molecular weight excluding hydrogens is 310 g/mol. The van der Waals surface area contributed by atoms with Gasteiger partial charge in [-0.3, -0.25) is 4.90 Å². The Hall–Kier alpha value is -1.91. The monoisotopic (exact) mass is 337 g/mol. The first-order valence-corrected chi connectivity index (χ1v) is 9.38. The van der Waals surface area contributed by atoms with E-state index in [0.29, 0.717) is 6.04 Å². The van der Waals surface area contributed by atoms with Crippen molar-refractivity contribution in [3.63, 3.8) is 0 Å². The van der Waals surface area contributed by atoms with Crippen molar-refractivity contribution in [3.8, 4) is 0 Å². The van der Waals surface area contributed by atoms with Crippen LogP contribution in [0.1, 0.15) is 35.6 Å². The first-order chi connectivity index (χ1) is 12.3. The van der Waals surface area contributed by atoms with Crippen LogP contribution in [0.3, 0.4) is 0 Å². The highest BCUT2D eigenvalue weighted by Gasteiger charge is 2.27. The van der Waals surface area contributed by atoms with E-state index in [9.17, 15) is 0 Å². The number of benzene rings is 1. The summed E-state index contributed by atoms with van der Waals surface area (Å²) in [6.07, 6.45) is 4.60. The average Bonchev–Trinajstić information content (AvgIpc) is 3.11. The molecule has 0 saturated carbocycles. The van der Waals surface area contributed by atoms with Crippen molar-refractivity contribution in [2.75, 3.05) is 37.7 Å². The molecule has 132 valence electrons. The van der Waals surface area contributed by atoms with Gasteiger partial charge in [0.1, 0.15) is 5.82 Å². The summed E-state index contributed by atoms with van der Waals surface area (Å²) in [6.45, 7) is 7.87. The molecule has 1 aromatic carbocycles. The number of pyridine rings is 1. The number of anilines is 1. The number of likely N-dealkylation sites (tertiary alicyclic amines) is 1. The molecule has 4 nitrogen and oxygen atoms in total. The minimum absolute atomic E-state index is 0.491. The molecule has 2 aliphatic rings. The van der Waals surface area contributed by atoms with E-state index in [2.05, 4.69) is 59.3 Å². The number of rotatable bonds is 4. The molecule has 2 aliphatic heterocycles. The molecule has 0 radical (unpaired) electrons. The molecule has 2 saturated heterocycles. The quantitative estimate of drug-likeness (QED) is 0.853. The molecule has 1 atom stereocenters. The highest BCUT2D eigenvalue weighted by atomic mass is 16.5. The molecule has 2 fully saturated rings. The normalized spacial score (nSPS) is 21.6. The van der Waals surface area contributed by atoms with E-state index in [-0.39, 0.29) is 0 Å². The number of aromatic nitrogens is 1. The van der Waals surface area contributed by atoms with Crippen molar-refractivity contribution in [2.24, 2.45) is 0 Å². The third-order valence-corrected chi connectivity index (χ3v) is 5.36. The lowest BCUT2D eigenvalue weighted by atomic mass is 10.0. The maximum absolute atomic E-state index is 5.46. The van der Waals surface area contributed by atoms with E-state index in [1.807, 2.05) is 0 Å². The van der Waals surface area contributed by atoms with Crippen LogP contribution >= 0.6 is 0 Å². The van der Waals surface area contributed by atoms with Crippen LogP contribution in [0.4, 0.5) is 5.82 Å². The zero-order chi connectivity index (χ0) is 17.1. The topological polar surface area (TPSA) is 28.6 Å². The number of nitrogens with zero attached hydrogens (tertiary/aromatic N) is 3. The van der Waals surface area contributed by atoms with Crippen molar-refractivity contribution in [1.82, 2.24) is 9.88 Å². The Morgan fingerprint density at radius 3 is 2.68 bits per heavy atom. The highest BCUT2D eigenvalue weighted by Crippen LogP contribution is 2.34. The zero-order valence-electron chi connectivity index (χ0n) is 15.0. The highest BCUT2D eigenvalue weighted by molar-refractivity contribution is 5.48. The molecule has 0 spiro atoms. The second-order valence-electron chi connectivity index (χ2n) is 7.12. The van der Waals surface area contributed by atoms with E-state index in [4.69, 9.17) is 9.72 Å². The van der Waals surface area contributed by atoms with Crippen molar-refractivity contribution >= 4 is 5.82 Å². The molecule has 0 amide bonds. The van der Waals surface area contributed by atoms with Crippen LogP contribution in [0.15, 0.2) is 42.6 Å². The van der Waals surface area contributed by atoms with Gasteiger partial charge in [-0.15, -0.1) is 0 Å². The molecule has 0 unspecified atom stereocenters. The largest absolute Gasteiger partial charge is 0.378 e. The summed E-state index contributed by atoms with van der Waals surface area (Å²) in [5.74, 6) is 1.12. The van der Waals surface area contributed by atoms with E-state index in [0.717, 1.165) is 38.7 Å². The second kappa shape index (κ2) is 7.54. The Morgan fingerprint density at radius 2 is 1.92 bits per heavy atom. The van der Waals surface area contributed by atoms with Gasteiger partial charge >= 0.3 is 0 Å². The third-order valence-electron chi connectivity index (χ3n) is 5.36. The van der Waals surface area contributed by atoms with Crippen molar-refractivity contribution in [2.45, 2.75) is 32.4 Å². The predicted octanol–water partition coefficient (Wildman–Crippen LogP) is 3.56. The van der Waals surface area contributed by atoms with Crippen LogP contribution < -0.4 is 4.90 Å². The SMILES string of the molecule is Cc1cc([C@H]2CCCN2Cc2ccccc2)cnc1N1CCOCC1. The van der Waals surface area contributed by atoms with Crippen LogP contribution in [0.5, 0.6) is 0 Å². The molecule has 1 aromatic heterocycles. The maximum Gasteiger partial charge on any atom is 0.131 e. The zero-order valence-corrected chi connectivity index (χ0v) is 15.0. The lowest BCUT2D eigenvalue weighted by Gasteiger charge is -2.30. The van der Waals surface area contributed by atoms with Crippen LogP contribution in [-0.4, -0.2) is 42.7 Å². The fourth-order valence-electron chi connectivity index (χ4n) is 4.09. The van der Waals surface area contributed by atoms with E-state index < -0.39 is 0 Å². The van der Waals surface area contributed by atoms with Crippen LogP contribution in [0.25, 0.3) is 0 Å². The molecule has 2 aromatic rings. The maximum atomic E-state index is 5.46. The third kappa shape index (κ3) is 3.70. The molecule has 25 heavy (non-hydrogen) atoms. The standard InChI is InChI=1S/C21H27N3O/c1-17-14-19(15-22-21(17)23-10-12-25-13-11-23)20-8-5-9-24(20)16-18-6-3-2-4-7-18/h2-4,6-7,14-15,20H,5,8-13,16H2,1H3/t20-/m1/s1. The second-order valence-corrected chi connectivity index (χ2v) is 7.12. The van der Waals surface area contributed by atoms with Gasteiger partial charge in [0.2, 0.25) is 0 Å². The van der Waals surface area contributed by atoms with Gasteiger partial charge in [-0.2, -0.15) is 0 Å². The molecule has 4 heteroatoms. The van der Waals surface area contributed by atoms with Crippen molar-refractivity contribution < 1.29 is 4.74 Å². The van der Waals surface area contributed by atoms with E-state index in [1.165, 1.54) is 36.1 Å². The Morgan fingerprint density at radius 1 is 1.12 bits per heavy atom. The molecule has 3 heterocycles. The molecule has 0 N–H and O–H groups in total. The Bertz CT molecular complexity index is 698. The number of morpholine rings is 1. The van der Waals surface area contributed by atoms with E-state index in [1.54, 1.807) is 0 Å². The summed E-state index contributed by atoms with van der Waals surface area (Å²) < 4.78 is 5.46. The number of hydrogen-bond donors (Lipinski definition) is 0. The summed E-state index contributed by atoms with van der Waals surface area (Å²) in [5.41, 5.74) is 4.04. The smallest absolute Gasteiger partial charge is 0.131 e. The van der Waals surface area contributed by atoms with Crippen LogP contribution in [0.2, 0.25) is 0 Å². The summed E-state index contributed by atoms with van der Waals surface area (Å²) in [6, 6.07) is 13.6. The van der Waals surface area contributed by atoms with Gasteiger partial charge in [0.25, 0.3) is 0 Å². The predicted molar refractivity (Wildman–Crippen MR) is 101 cm³/mol. The van der Waals surface area contributed by atoms with Crippen LogP contribution in [-0.2, 0) is 11.3 Å². The molecule has 4 rings (SSSR count). The lowest BCUT2D eigenvalue weighted by Crippen LogP contribution is -2.37. The van der Waals surface area contributed by atoms with Gasteiger partial charge in [-0.1, -0.05) is 30.3 Å². The van der Waals surface area contributed by atoms with Crippen molar-refractivity contribution in [3.05, 3.63) is 59.3 Å². The van der Waals surface area contributed by atoms with Crippen molar-refractivity contribution in [1.29, 1.82) is 0 Å². The van der Waals surface area contributed by atoms with Gasteiger partial charge in [0.15, 0.2) is 0 Å². The number of ether oxygens (including phenoxy) is 1. The summed E-state index contributed by atoms with van der Waals surface area (Å²) in [5, 5.41) is 0. The fraction of sp³-hybridized carbons (Fsp3) is 0.476. The summed E-state index contributed by atoms with van der Waals surface area (Å²) in [7, 11) is 0. The van der Waals surface area contributed by atoms with Crippen LogP contribution in [0, 0.1) is 6.92 Å². The molecule has 0 bridgehead atoms. The van der Waals surface area contributed by atoms with Gasteiger partial charge in [0, 0.05) is 31.9 Å². The average molecular weight is 337 g/mol. The lowest BCUT2D eigenvalue weighted by molar-refractivity contribution is 0.122. The van der Waals surface area contributed by atoms with Gasteiger partial charge in [-0.25, -0.2) is 4.98 Å². The van der Waals surface area contributed by atoms with E-state index >= 15 is 0 Å². The number of hydrogen-bond acceptors (Lipinski definition) is 4. The Kier molecular flexibility index (Phi) is 4.99. The molecular formula is C21H27N3O. The first-order valence-electron chi connectivity index (χ1n) is 9.38. The van der Waals surface area contributed by atoms with Gasteiger partial charge in [0.05, 0.1) is 13.2 Å². The van der Waals surface area contributed by atoms with Gasteiger partial charge < -0.3 is 9.64 Å². The minimum atomic E-state index is 0.491. The Balaban J connectivity index is 1.51.